The number of hydrogen-bond acceptors (Lipinski definition) is 4. The minimum atomic E-state index is -0.601. The van der Waals surface area contributed by atoms with Gasteiger partial charge in [-0.2, -0.15) is 0 Å². The first-order valence-corrected chi connectivity index (χ1v) is 6.72. The van der Waals surface area contributed by atoms with Crippen molar-refractivity contribution >= 4 is 11.7 Å². The van der Waals surface area contributed by atoms with Gasteiger partial charge in [-0.1, -0.05) is 30.3 Å². The smallest absolute Gasteiger partial charge is 0.254 e. The Hall–Kier alpha value is -2.40. The third-order valence-electron chi connectivity index (χ3n) is 3.08. The average Bonchev–Trinajstić information content (AvgIpc) is 2.53. The van der Waals surface area contributed by atoms with Crippen molar-refractivity contribution in [3.05, 3.63) is 59.8 Å². The molecule has 0 aliphatic rings. The Morgan fingerprint density at radius 3 is 2.52 bits per heavy atom. The molecule has 0 spiro atoms. The molecule has 2 N–H and O–H groups in total. The monoisotopic (exact) mass is 285 g/mol. The number of benzene rings is 1. The molecule has 1 aromatic carbocycles. The molecule has 2 rings (SSSR count). The molecule has 0 aliphatic carbocycles. The van der Waals surface area contributed by atoms with Crippen LogP contribution in [0.25, 0.3) is 0 Å². The first kappa shape index (κ1) is 15.0. The molecule has 1 heterocycles. The number of carbonyl (C=O) groups excluding carboxylic acids is 1. The van der Waals surface area contributed by atoms with Gasteiger partial charge in [0.15, 0.2) is 0 Å². The Bertz CT molecular complexity index is 582. The van der Waals surface area contributed by atoms with Crippen molar-refractivity contribution in [2.45, 2.75) is 6.10 Å². The van der Waals surface area contributed by atoms with Crippen molar-refractivity contribution in [2.24, 2.45) is 0 Å². The van der Waals surface area contributed by atoms with Gasteiger partial charge in [0, 0.05) is 26.8 Å². The third kappa shape index (κ3) is 4.03. The quantitative estimate of drug-likeness (QED) is 0.881. The Morgan fingerprint density at radius 1 is 1.24 bits per heavy atom. The summed E-state index contributed by atoms with van der Waals surface area (Å²) in [5, 5.41) is 13.1. The van der Waals surface area contributed by atoms with Gasteiger partial charge in [-0.15, -0.1) is 0 Å². The summed E-state index contributed by atoms with van der Waals surface area (Å²) in [6.45, 7) is 0.359. The van der Waals surface area contributed by atoms with Gasteiger partial charge < -0.3 is 15.3 Å². The molecule has 5 heteroatoms. The molecule has 0 fully saturated rings. The van der Waals surface area contributed by atoms with E-state index in [1.54, 1.807) is 26.2 Å². The number of nitrogens with one attached hydrogen (secondary N) is 1. The van der Waals surface area contributed by atoms with E-state index in [2.05, 4.69) is 10.3 Å². The summed E-state index contributed by atoms with van der Waals surface area (Å²) in [6, 6.07) is 12.9. The third-order valence-corrected chi connectivity index (χ3v) is 3.08. The van der Waals surface area contributed by atoms with E-state index in [0.717, 1.165) is 5.56 Å². The van der Waals surface area contributed by atoms with E-state index in [-0.39, 0.29) is 5.91 Å². The summed E-state index contributed by atoms with van der Waals surface area (Å²) in [5.74, 6) is 0.540. The fourth-order valence-corrected chi connectivity index (χ4v) is 1.88. The van der Waals surface area contributed by atoms with Crippen molar-refractivity contribution < 1.29 is 9.90 Å². The minimum Gasteiger partial charge on any atom is -0.387 e. The number of rotatable bonds is 5. The molecule has 0 bridgehead atoms. The van der Waals surface area contributed by atoms with Crippen LogP contribution < -0.4 is 5.32 Å². The maximum absolute atomic E-state index is 11.7. The molecule has 1 amide bonds. The number of aliphatic hydroxyl groups excluding tert-OH is 1. The van der Waals surface area contributed by atoms with Crippen molar-refractivity contribution in [2.75, 3.05) is 26.0 Å². The molecule has 0 aliphatic heterocycles. The summed E-state index contributed by atoms with van der Waals surface area (Å²) in [4.78, 5) is 17.4. The molecule has 110 valence electrons. The number of anilines is 1. The Balaban J connectivity index is 1.94. The summed E-state index contributed by atoms with van der Waals surface area (Å²) in [5.41, 5.74) is 1.39. The molecule has 5 nitrogen and oxygen atoms in total. The summed E-state index contributed by atoms with van der Waals surface area (Å²) >= 11 is 0. The van der Waals surface area contributed by atoms with E-state index in [9.17, 15) is 9.90 Å². The summed E-state index contributed by atoms with van der Waals surface area (Å²) in [6.07, 6.45) is 0.926. The maximum atomic E-state index is 11.7. The van der Waals surface area contributed by atoms with Crippen molar-refractivity contribution in [1.29, 1.82) is 0 Å². The highest BCUT2D eigenvalue weighted by Crippen LogP contribution is 2.13. The van der Waals surface area contributed by atoms with Gasteiger partial charge in [-0.3, -0.25) is 4.79 Å². The number of nitrogens with zero attached hydrogens (tertiary/aromatic N) is 2. The Morgan fingerprint density at radius 2 is 1.95 bits per heavy atom. The molecular weight excluding hydrogens is 266 g/mol. The van der Waals surface area contributed by atoms with E-state index in [1.165, 1.54) is 11.1 Å². The molecule has 0 saturated carbocycles. The fourth-order valence-electron chi connectivity index (χ4n) is 1.88. The van der Waals surface area contributed by atoms with E-state index >= 15 is 0 Å². The van der Waals surface area contributed by atoms with E-state index < -0.39 is 6.10 Å². The zero-order valence-corrected chi connectivity index (χ0v) is 12.2. The zero-order chi connectivity index (χ0) is 15.2. The van der Waals surface area contributed by atoms with Crippen molar-refractivity contribution in [1.82, 2.24) is 9.88 Å². The number of hydrogen-bond donors (Lipinski definition) is 2. The van der Waals surface area contributed by atoms with Gasteiger partial charge in [0.05, 0.1) is 11.7 Å². The number of amides is 1. The highest BCUT2D eigenvalue weighted by Gasteiger charge is 2.09. The van der Waals surface area contributed by atoms with E-state index in [1.807, 2.05) is 30.3 Å². The lowest BCUT2D eigenvalue weighted by atomic mass is 10.1. The lowest BCUT2D eigenvalue weighted by Gasteiger charge is -2.13. The molecule has 0 radical (unpaired) electrons. The molecule has 1 atom stereocenters. The van der Waals surface area contributed by atoms with Gasteiger partial charge in [-0.25, -0.2) is 4.98 Å². The fraction of sp³-hybridized carbons (Fsp3) is 0.250. The minimum absolute atomic E-state index is 0.0848. The van der Waals surface area contributed by atoms with Gasteiger partial charge in [0.2, 0.25) is 0 Å². The van der Waals surface area contributed by atoms with Crippen LogP contribution in [0.4, 0.5) is 5.82 Å². The second-order valence-corrected chi connectivity index (χ2v) is 4.94. The topological polar surface area (TPSA) is 65.5 Å². The lowest BCUT2D eigenvalue weighted by Crippen LogP contribution is -2.21. The van der Waals surface area contributed by atoms with Crippen LogP contribution in [0.3, 0.4) is 0 Å². The van der Waals surface area contributed by atoms with E-state index in [4.69, 9.17) is 0 Å². The summed E-state index contributed by atoms with van der Waals surface area (Å²) < 4.78 is 0. The number of aromatic nitrogens is 1. The number of aliphatic hydroxyl groups is 1. The largest absolute Gasteiger partial charge is 0.387 e. The molecule has 1 unspecified atom stereocenters. The standard InChI is InChI=1S/C16H19N3O2/c1-19(2)16(21)13-8-9-15(17-10-13)18-11-14(20)12-6-4-3-5-7-12/h3-10,14,20H,11H2,1-2H3,(H,17,18). The zero-order valence-electron chi connectivity index (χ0n) is 12.2. The van der Waals surface area contributed by atoms with Crippen LogP contribution in [0.15, 0.2) is 48.7 Å². The normalized spacial score (nSPS) is 11.8. The molecular formula is C16H19N3O2. The van der Waals surface area contributed by atoms with E-state index in [0.29, 0.717) is 17.9 Å². The summed E-state index contributed by atoms with van der Waals surface area (Å²) in [7, 11) is 3.40. The Kier molecular flexibility index (Phi) is 4.90. The average molecular weight is 285 g/mol. The highest BCUT2D eigenvalue weighted by atomic mass is 16.3. The van der Waals surface area contributed by atoms with Crippen LogP contribution in [0.1, 0.15) is 22.0 Å². The van der Waals surface area contributed by atoms with Crippen molar-refractivity contribution in [3.63, 3.8) is 0 Å². The second kappa shape index (κ2) is 6.85. The van der Waals surface area contributed by atoms with Gasteiger partial charge in [0.1, 0.15) is 5.82 Å². The number of carbonyl (C=O) groups is 1. The maximum Gasteiger partial charge on any atom is 0.254 e. The Labute approximate surface area is 124 Å². The van der Waals surface area contributed by atoms with Gasteiger partial charge in [-0.05, 0) is 17.7 Å². The molecule has 21 heavy (non-hydrogen) atoms. The predicted octanol–water partition coefficient (Wildman–Crippen LogP) is 1.93. The van der Waals surface area contributed by atoms with Gasteiger partial charge >= 0.3 is 0 Å². The molecule has 1 aromatic heterocycles. The van der Waals surface area contributed by atoms with Crippen LogP contribution in [0, 0.1) is 0 Å². The van der Waals surface area contributed by atoms with Crippen molar-refractivity contribution in [3.8, 4) is 0 Å². The first-order chi connectivity index (χ1) is 10.1. The SMILES string of the molecule is CN(C)C(=O)c1ccc(NCC(O)c2ccccc2)nc1. The van der Waals surface area contributed by atoms with Crippen LogP contribution >= 0.6 is 0 Å². The van der Waals surface area contributed by atoms with Crippen LogP contribution in [-0.4, -0.2) is 41.5 Å². The second-order valence-electron chi connectivity index (χ2n) is 4.94. The van der Waals surface area contributed by atoms with Crippen LogP contribution in [0.2, 0.25) is 0 Å². The van der Waals surface area contributed by atoms with Crippen LogP contribution in [-0.2, 0) is 0 Å². The highest BCUT2D eigenvalue weighted by molar-refractivity contribution is 5.93. The lowest BCUT2D eigenvalue weighted by molar-refractivity contribution is 0.0827. The predicted molar refractivity (Wildman–Crippen MR) is 82.1 cm³/mol. The first-order valence-electron chi connectivity index (χ1n) is 6.72. The molecule has 2 aromatic rings. The van der Waals surface area contributed by atoms with Crippen LogP contribution in [0.5, 0.6) is 0 Å². The number of pyridine rings is 1. The molecule has 0 saturated heterocycles. The van der Waals surface area contributed by atoms with Gasteiger partial charge in [0.25, 0.3) is 5.91 Å².